The Bertz CT molecular complexity index is 223. The van der Waals surface area contributed by atoms with Crippen molar-refractivity contribution in [2.24, 2.45) is 0 Å². The zero-order valence-electron chi connectivity index (χ0n) is 6.32. The molecule has 1 aliphatic rings. The fourth-order valence-corrected chi connectivity index (χ4v) is 0.872. The number of aliphatic hydroxyl groups excluding tert-OH is 1. The van der Waals surface area contributed by atoms with E-state index in [2.05, 4.69) is 10.1 Å². The third kappa shape index (κ3) is 2.06. The van der Waals surface area contributed by atoms with Gasteiger partial charge in [0.05, 0.1) is 6.10 Å². The van der Waals surface area contributed by atoms with Crippen LogP contribution in [0.1, 0.15) is 0 Å². The van der Waals surface area contributed by atoms with Gasteiger partial charge < -0.3 is 15.2 Å². The highest BCUT2D eigenvalue weighted by atomic mass is 16.5. The SMILES string of the molecule is O=CNC[C@@H](O)C1=CC(=O)OC1. The Morgan fingerprint density at radius 1 is 1.83 bits per heavy atom. The van der Waals surface area contributed by atoms with Crippen LogP contribution in [0.15, 0.2) is 11.6 Å². The van der Waals surface area contributed by atoms with Gasteiger partial charge in [-0.1, -0.05) is 0 Å². The minimum absolute atomic E-state index is 0.103. The lowest BCUT2D eigenvalue weighted by Crippen LogP contribution is -2.27. The summed E-state index contributed by atoms with van der Waals surface area (Å²) in [5.74, 6) is -0.449. The van der Waals surface area contributed by atoms with Crippen LogP contribution >= 0.6 is 0 Å². The molecule has 1 atom stereocenters. The summed E-state index contributed by atoms with van der Waals surface area (Å²) in [5.41, 5.74) is 0.495. The molecule has 0 radical (unpaired) electrons. The molecule has 0 saturated carbocycles. The van der Waals surface area contributed by atoms with Crippen LogP contribution in [0.5, 0.6) is 0 Å². The van der Waals surface area contributed by atoms with E-state index in [0.29, 0.717) is 12.0 Å². The Hall–Kier alpha value is -1.36. The molecule has 0 bridgehead atoms. The number of hydrogen-bond acceptors (Lipinski definition) is 4. The van der Waals surface area contributed by atoms with Crippen molar-refractivity contribution in [1.82, 2.24) is 5.32 Å². The molecule has 5 nitrogen and oxygen atoms in total. The predicted molar refractivity (Wildman–Crippen MR) is 39.1 cm³/mol. The lowest BCUT2D eigenvalue weighted by atomic mass is 10.1. The van der Waals surface area contributed by atoms with Gasteiger partial charge in [0.1, 0.15) is 6.61 Å². The first-order valence-electron chi connectivity index (χ1n) is 3.46. The van der Waals surface area contributed by atoms with Crippen LogP contribution < -0.4 is 5.32 Å². The number of rotatable bonds is 4. The first-order valence-corrected chi connectivity index (χ1v) is 3.46. The smallest absolute Gasteiger partial charge is 0.331 e. The van der Waals surface area contributed by atoms with E-state index >= 15 is 0 Å². The number of esters is 1. The highest BCUT2D eigenvalue weighted by Gasteiger charge is 2.19. The van der Waals surface area contributed by atoms with Crippen molar-refractivity contribution >= 4 is 12.4 Å². The average Bonchev–Trinajstić information content (AvgIpc) is 2.47. The maximum atomic E-state index is 10.5. The molecule has 1 heterocycles. The largest absolute Gasteiger partial charge is 0.458 e. The zero-order chi connectivity index (χ0) is 8.97. The van der Waals surface area contributed by atoms with E-state index in [1.54, 1.807) is 0 Å². The van der Waals surface area contributed by atoms with Gasteiger partial charge in [-0.15, -0.1) is 0 Å². The average molecular weight is 171 g/mol. The van der Waals surface area contributed by atoms with Crippen LogP contribution in [-0.2, 0) is 14.3 Å². The van der Waals surface area contributed by atoms with E-state index in [4.69, 9.17) is 0 Å². The van der Waals surface area contributed by atoms with Crippen molar-refractivity contribution in [1.29, 1.82) is 0 Å². The summed E-state index contributed by atoms with van der Waals surface area (Å²) in [7, 11) is 0. The maximum Gasteiger partial charge on any atom is 0.331 e. The number of cyclic esters (lactones) is 1. The van der Waals surface area contributed by atoms with Gasteiger partial charge in [0.15, 0.2) is 0 Å². The predicted octanol–water partition coefficient (Wildman–Crippen LogP) is -1.42. The molecule has 66 valence electrons. The highest BCUT2D eigenvalue weighted by Crippen LogP contribution is 2.09. The first kappa shape index (κ1) is 8.73. The van der Waals surface area contributed by atoms with Crippen LogP contribution in [0.3, 0.4) is 0 Å². The molecule has 0 saturated heterocycles. The third-order valence-electron chi connectivity index (χ3n) is 1.51. The molecule has 0 aromatic rings. The lowest BCUT2D eigenvalue weighted by Gasteiger charge is -2.08. The molecule has 1 rings (SSSR count). The van der Waals surface area contributed by atoms with Crippen LogP contribution in [0.25, 0.3) is 0 Å². The Kier molecular flexibility index (Phi) is 2.82. The molecule has 0 aromatic heterocycles. The Morgan fingerprint density at radius 3 is 3.08 bits per heavy atom. The van der Waals surface area contributed by atoms with Crippen LogP contribution in [0.2, 0.25) is 0 Å². The van der Waals surface area contributed by atoms with E-state index in [-0.39, 0.29) is 13.2 Å². The van der Waals surface area contributed by atoms with Crippen molar-refractivity contribution < 1.29 is 19.4 Å². The normalized spacial score (nSPS) is 18.1. The van der Waals surface area contributed by atoms with Gasteiger partial charge in [0.2, 0.25) is 6.41 Å². The van der Waals surface area contributed by atoms with Gasteiger partial charge in [0.25, 0.3) is 0 Å². The van der Waals surface area contributed by atoms with Gasteiger partial charge >= 0.3 is 5.97 Å². The van der Waals surface area contributed by atoms with E-state index in [0.717, 1.165) is 0 Å². The Labute approximate surface area is 69.0 Å². The molecule has 1 aliphatic heterocycles. The van der Waals surface area contributed by atoms with Crippen LogP contribution in [0.4, 0.5) is 0 Å². The molecule has 0 aromatic carbocycles. The summed E-state index contributed by atoms with van der Waals surface area (Å²) in [6, 6.07) is 0. The summed E-state index contributed by atoms with van der Waals surface area (Å²) < 4.78 is 4.56. The van der Waals surface area contributed by atoms with Crippen LogP contribution in [0, 0.1) is 0 Å². The van der Waals surface area contributed by atoms with Gasteiger partial charge in [-0.05, 0) is 0 Å². The number of carbonyl (C=O) groups excluding carboxylic acids is 2. The number of ether oxygens (including phenoxy) is 1. The van der Waals surface area contributed by atoms with E-state index in [1.165, 1.54) is 6.08 Å². The molecular weight excluding hydrogens is 162 g/mol. The molecular formula is C7H9NO4. The Morgan fingerprint density at radius 2 is 2.58 bits per heavy atom. The van der Waals surface area contributed by atoms with E-state index in [1.807, 2.05) is 0 Å². The quantitative estimate of drug-likeness (QED) is 0.402. The molecule has 1 amide bonds. The Balaban J connectivity index is 2.41. The molecule has 0 fully saturated rings. The number of hydrogen-bond donors (Lipinski definition) is 2. The van der Waals surface area contributed by atoms with Gasteiger partial charge in [0, 0.05) is 18.2 Å². The monoisotopic (exact) mass is 171 g/mol. The topological polar surface area (TPSA) is 75.6 Å². The number of nitrogens with one attached hydrogen (secondary N) is 1. The number of amides is 1. The maximum absolute atomic E-state index is 10.5. The molecule has 0 spiro atoms. The molecule has 12 heavy (non-hydrogen) atoms. The standard InChI is InChI=1S/C7H9NO4/c9-4-8-2-6(10)5-1-7(11)12-3-5/h1,4,6,10H,2-3H2,(H,8,9)/t6-/m1/s1. The van der Waals surface area contributed by atoms with Crippen molar-refractivity contribution in [2.45, 2.75) is 6.10 Å². The lowest BCUT2D eigenvalue weighted by molar-refractivity contribution is -0.135. The summed E-state index contributed by atoms with van der Waals surface area (Å²) in [4.78, 5) is 20.4. The van der Waals surface area contributed by atoms with Gasteiger partial charge in [-0.3, -0.25) is 4.79 Å². The highest BCUT2D eigenvalue weighted by molar-refractivity contribution is 5.85. The number of aliphatic hydroxyl groups is 1. The molecule has 2 N–H and O–H groups in total. The van der Waals surface area contributed by atoms with Crippen LogP contribution in [-0.4, -0.2) is 36.7 Å². The van der Waals surface area contributed by atoms with E-state index < -0.39 is 12.1 Å². The summed E-state index contributed by atoms with van der Waals surface area (Å²) in [6.45, 7) is 0.215. The van der Waals surface area contributed by atoms with Crippen molar-refractivity contribution in [3.63, 3.8) is 0 Å². The van der Waals surface area contributed by atoms with Crippen molar-refractivity contribution in [3.8, 4) is 0 Å². The molecule has 0 aliphatic carbocycles. The summed E-state index contributed by atoms with van der Waals surface area (Å²) >= 11 is 0. The second kappa shape index (κ2) is 3.87. The van der Waals surface area contributed by atoms with Crippen molar-refractivity contribution in [2.75, 3.05) is 13.2 Å². The fraction of sp³-hybridized carbons (Fsp3) is 0.429. The third-order valence-corrected chi connectivity index (χ3v) is 1.51. The second-order valence-electron chi connectivity index (χ2n) is 2.37. The molecule has 5 heteroatoms. The van der Waals surface area contributed by atoms with E-state index in [9.17, 15) is 14.7 Å². The fourth-order valence-electron chi connectivity index (χ4n) is 0.872. The van der Waals surface area contributed by atoms with Gasteiger partial charge in [-0.2, -0.15) is 0 Å². The number of carbonyl (C=O) groups is 2. The minimum atomic E-state index is -0.832. The zero-order valence-corrected chi connectivity index (χ0v) is 6.32. The van der Waals surface area contributed by atoms with Gasteiger partial charge in [-0.25, -0.2) is 4.79 Å². The van der Waals surface area contributed by atoms with Crippen molar-refractivity contribution in [3.05, 3.63) is 11.6 Å². The molecule has 0 unspecified atom stereocenters. The first-order chi connectivity index (χ1) is 5.74. The second-order valence-corrected chi connectivity index (χ2v) is 2.37. The summed E-state index contributed by atoms with van der Waals surface area (Å²) in [5, 5.41) is 11.6. The summed E-state index contributed by atoms with van der Waals surface area (Å²) in [6.07, 6.45) is 0.889. The minimum Gasteiger partial charge on any atom is -0.458 e.